The molecule has 2 fully saturated rings. The number of likely N-dealkylation sites (tertiary alicyclic amines) is 1. The Bertz CT molecular complexity index is 293. The average molecular weight is 267 g/mol. The van der Waals surface area contributed by atoms with Gasteiger partial charge in [-0.15, -0.1) is 0 Å². The number of carbonyl (C=O) groups is 1. The van der Waals surface area contributed by atoms with Crippen molar-refractivity contribution in [1.82, 2.24) is 10.2 Å². The van der Waals surface area contributed by atoms with Gasteiger partial charge in [-0.25, -0.2) is 0 Å². The van der Waals surface area contributed by atoms with Crippen molar-refractivity contribution in [2.75, 3.05) is 19.6 Å². The highest BCUT2D eigenvalue weighted by molar-refractivity contribution is 5.79. The highest BCUT2D eigenvalue weighted by Gasteiger charge is 2.33. The number of piperidine rings is 1. The number of likely N-dealkylation sites (N-methyl/N-ethyl adjacent to an activating group) is 1. The van der Waals surface area contributed by atoms with Gasteiger partial charge in [-0.2, -0.15) is 0 Å². The van der Waals surface area contributed by atoms with Gasteiger partial charge in [-0.3, -0.25) is 4.79 Å². The lowest BCUT2D eigenvalue weighted by Gasteiger charge is -2.44. The Hall–Kier alpha value is -0.610. The summed E-state index contributed by atoms with van der Waals surface area (Å²) in [5, 5.41) is 3.19. The van der Waals surface area contributed by atoms with Crippen molar-refractivity contribution in [3.63, 3.8) is 0 Å². The Kier molecular flexibility index (Phi) is 5.64. The number of nitrogens with two attached hydrogens (primary N) is 1. The number of nitrogens with zero attached hydrogens (tertiary/aromatic N) is 1. The SMILES string of the molecule is CCNC(CCN1CCC[C@H]2CCCC[C@H]21)C(N)=O. The molecule has 0 bridgehead atoms. The molecule has 3 atom stereocenters. The van der Waals surface area contributed by atoms with Gasteiger partial charge in [0, 0.05) is 12.6 Å². The maximum absolute atomic E-state index is 11.4. The molecule has 1 saturated carbocycles. The molecule has 2 rings (SSSR count). The van der Waals surface area contributed by atoms with Gasteiger partial charge < -0.3 is 16.0 Å². The fourth-order valence-electron chi connectivity index (χ4n) is 3.89. The standard InChI is InChI=1S/C15H29N3O/c1-2-17-13(15(16)19)9-11-18-10-5-7-12-6-3-4-8-14(12)18/h12-14,17H,2-11H2,1H3,(H2,16,19)/t12-,13?,14-/m1/s1. The van der Waals surface area contributed by atoms with E-state index in [2.05, 4.69) is 10.2 Å². The first-order valence-electron chi connectivity index (χ1n) is 7.99. The molecule has 1 aliphatic carbocycles. The van der Waals surface area contributed by atoms with Crippen molar-refractivity contribution >= 4 is 5.91 Å². The van der Waals surface area contributed by atoms with E-state index in [0.29, 0.717) is 0 Å². The molecule has 1 unspecified atom stereocenters. The number of fused-ring (bicyclic) bond motifs is 1. The van der Waals surface area contributed by atoms with Gasteiger partial charge >= 0.3 is 0 Å². The largest absolute Gasteiger partial charge is 0.368 e. The molecule has 19 heavy (non-hydrogen) atoms. The van der Waals surface area contributed by atoms with Gasteiger partial charge in [0.15, 0.2) is 0 Å². The summed E-state index contributed by atoms with van der Waals surface area (Å²) in [4.78, 5) is 14.0. The van der Waals surface area contributed by atoms with Crippen LogP contribution in [0.5, 0.6) is 0 Å². The minimum atomic E-state index is -0.209. The summed E-state index contributed by atoms with van der Waals surface area (Å²) in [6.45, 7) is 5.05. The van der Waals surface area contributed by atoms with E-state index in [0.717, 1.165) is 31.5 Å². The van der Waals surface area contributed by atoms with Crippen LogP contribution in [-0.4, -0.2) is 42.5 Å². The van der Waals surface area contributed by atoms with Crippen LogP contribution >= 0.6 is 0 Å². The molecule has 110 valence electrons. The molecule has 0 radical (unpaired) electrons. The number of primary amides is 1. The number of amides is 1. The molecule has 0 aromatic carbocycles. The number of carbonyl (C=O) groups excluding carboxylic acids is 1. The van der Waals surface area contributed by atoms with Crippen LogP contribution in [0.25, 0.3) is 0 Å². The minimum absolute atomic E-state index is 0.158. The summed E-state index contributed by atoms with van der Waals surface area (Å²) in [6, 6.07) is 0.617. The first-order chi connectivity index (χ1) is 9.22. The lowest BCUT2D eigenvalue weighted by Crippen LogP contribution is -2.49. The number of nitrogens with one attached hydrogen (secondary N) is 1. The van der Waals surface area contributed by atoms with Crippen LogP contribution in [0.2, 0.25) is 0 Å². The molecule has 0 aromatic heterocycles. The summed E-state index contributed by atoms with van der Waals surface area (Å²) >= 11 is 0. The molecule has 3 N–H and O–H groups in total. The summed E-state index contributed by atoms with van der Waals surface area (Å²) in [5.74, 6) is 0.702. The van der Waals surface area contributed by atoms with E-state index in [1.54, 1.807) is 0 Å². The number of hydrogen-bond donors (Lipinski definition) is 2. The average Bonchev–Trinajstić information content (AvgIpc) is 2.43. The van der Waals surface area contributed by atoms with Crippen molar-refractivity contribution in [3.8, 4) is 0 Å². The second-order valence-electron chi connectivity index (χ2n) is 6.09. The Balaban J connectivity index is 1.84. The van der Waals surface area contributed by atoms with E-state index in [-0.39, 0.29) is 11.9 Å². The van der Waals surface area contributed by atoms with Crippen LogP contribution in [0, 0.1) is 5.92 Å². The third kappa shape index (κ3) is 3.93. The highest BCUT2D eigenvalue weighted by atomic mass is 16.1. The molecular formula is C15H29N3O. The fraction of sp³-hybridized carbons (Fsp3) is 0.933. The molecule has 1 saturated heterocycles. The molecule has 0 spiro atoms. The van der Waals surface area contributed by atoms with Crippen LogP contribution in [-0.2, 0) is 4.79 Å². The van der Waals surface area contributed by atoms with Crippen LogP contribution in [0.1, 0.15) is 51.9 Å². The van der Waals surface area contributed by atoms with E-state index in [9.17, 15) is 4.79 Å². The van der Waals surface area contributed by atoms with E-state index >= 15 is 0 Å². The van der Waals surface area contributed by atoms with Crippen molar-refractivity contribution in [1.29, 1.82) is 0 Å². The smallest absolute Gasteiger partial charge is 0.234 e. The van der Waals surface area contributed by atoms with Gasteiger partial charge in [0.1, 0.15) is 0 Å². The van der Waals surface area contributed by atoms with Gasteiger partial charge in [-0.05, 0) is 51.1 Å². The van der Waals surface area contributed by atoms with Gasteiger partial charge in [0.25, 0.3) is 0 Å². The number of rotatable bonds is 6. The zero-order valence-corrected chi connectivity index (χ0v) is 12.2. The lowest BCUT2D eigenvalue weighted by molar-refractivity contribution is -0.120. The van der Waals surface area contributed by atoms with E-state index in [4.69, 9.17) is 5.73 Å². The molecule has 2 aliphatic rings. The Labute approximate surface area is 117 Å². The monoisotopic (exact) mass is 267 g/mol. The van der Waals surface area contributed by atoms with Gasteiger partial charge in [0.05, 0.1) is 6.04 Å². The molecule has 4 nitrogen and oxygen atoms in total. The Morgan fingerprint density at radius 1 is 1.32 bits per heavy atom. The summed E-state index contributed by atoms with van der Waals surface area (Å²) in [7, 11) is 0. The van der Waals surface area contributed by atoms with Crippen LogP contribution in [0.15, 0.2) is 0 Å². The topological polar surface area (TPSA) is 58.4 Å². The van der Waals surface area contributed by atoms with Crippen molar-refractivity contribution in [2.24, 2.45) is 11.7 Å². The second kappa shape index (κ2) is 7.25. The highest BCUT2D eigenvalue weighted by Crippen LogP contribution is 2.35. The van der Waals surface area contributed by atoms with Crippen molar-refractivity contribution in [2.45, 2.75) is 64.0 Å². The normalized spacial score (nSPS) is 29.7. The minimum Gasteiger partial charge on any atom is -0.368 e. The van der Waals surface area contributed by atoms with Crippen molar-refractivity contribution < 1.29 is 4.79 Å². The second-order valence-corrected chi connectivity index (χ2v) is 6.09. The maximum Gasteiger partial charge on any atom is 0.234 e. The predicted molar refractivity (Wildman–Crippen MR) is 77.8 cm³/mol. The van der Waals surface area contributed by atoms with Crippen LogP contribution in [0.3, 0.4) is 0 Å². The molecule has 1 aliphatic heterocycles. The third-order valence-electron chi connectivity index (χ3n) is 4.86. The summed E-state index contributed by atoms with van der Waals surface area (Å²) < 4.78 is 0. The van der Waals surface area contributed by atoms with E-state index in [1.807, 2.05) is 6.92 Å². The zero-order chi connectivity index (χ0) is 13.7. The summed E-state index contributed by atoms with van der Waals surface area (Å²) in [5.41, 5.74) is 5.45. The lowest BCUT2D eigenvalue weighted by atomic mass is 9.78. The van der Waals surface area contributed by atoms with Gasteiger partial charge in [-0.1, -0.05) is 19.8 Å². The quantitative estimate of drug-likeness (QED) is 0.766. The number of hydrogen-bond acceptors (Lipinski definition) is 3. The first kappa shape index (κ1) is 14.8. The Morgan fingerprint density at radius 3 is 2.79 bits per heavy atom. The summed E-state index contributed by atoms with van der Waals surface area (Å²) in [6.07, 6.45) is 9.14. The third-order valence-corrected chi connectivity index (χ3v) is 4.86. The van der Waals surface area contributed by atoms with Crippen molar-refractivity contribution in [3.05, 3.63) is 0 Å². The zero-order valence-electron chi connectivity index (χ0n) is 12.2. The Morgan fingerprint density at radius 2 is 2.05 bits per heavy atom. The predicted octanol–water partition coefficient (Wildman–Crippen LogP) is 1.49. The van der Waals surface area contributed by atoms with E-state index in [1.165, 1.54) is 45.1 Å². The molecule has 0 aromatic rings. The maximum atomic E-state index is 11.4. The van der Waals surface area contributed by atoms with Gasteiger partial charge in [0.2, 0.25) is 5.91 Å². The molecule has 1 heterocycles. The molecule has 4 heteroatoms. The molecular weight excluding hydrogens is 238 g/mol. The van der Waals surface area contributed by atoms with Crippen LogP contribution < -0.4 is 11.1 Å². The molecule has 1 amide bonds. The first-order valence-corrected chi connectivity index (χ1v) is 7.99. The van der Waals surface area contributed by atoms with E-state index < -0.39 is 0 Å². The fourth-order valence-corrected chi connectivity index (χ4v) is 3.89. The van der Waals surface area contributed by atoms with Crippen LogP contribution in [0.4, 0.5) is 0 Å².